The van der Waals surface area contributed by atoms with Gasteiger partial charge in [-0.25, -0.2) is 0 Å². The van der Waals surface area contributed by atoms with Crippen LogP contribution in [-0.4, -0.2) is 22.6 Å². The number of hydrogen-bond donors (Lipinski definition) is 1. The molecule has 3 aliphatic rings. The fraction of sp³-hybridized carbons (Fsp3) is 0.550. The number of carbonyl (C=O) groups is 3. The summed E-state index contributed by atoms with van der Waals surface area (Å²) in [6.07, 6.45) is 2.64. The predicted molar refractivity (Wildman–Crippen MR) is 89.2 cm³/mol. The van der Waals surface area contributed by atoms with Gasteiger partial charge in [-0.3, -0.25) is 14.4 Å². The van der Waals surface area contributed by atoms with Crippen LogP contribution in [-0.2, 0) is 15.2 Å². The zero-order valence-electron chi connectivity index (χ0n) is 14.5. The fourth-order valence-electron chi connectivity index (χ4n) is 5.35. The van der Waals surface area contributed by atoms with E-state index in [9.17, 15) is 19.5 Å². The van der Waals surface area contributed by atoms with Crippen LogP contribution in [0.4, 0.5) is 0 Å². The molecule has 1 aromatic carbocycles. The van der Waals surface area contributed by atoms with E-state index in [1.54, 1.807) is 18.2 Å². The van der Waals surface area contributed by atoms with Crippen molar-refractivity contribution in [3.8, 4) is 5.75 Å². The molecule has 1 N–H and O–H groups in total. The van der Waals surface area contributed by atoms with Crippen LogP contribution in [0.1, 0.15) is 61.9 Å². The van der Waals surface area contributed by atoms with Gasteiger partial charge in [-0.2, -0.15) is 0 Å². The highest BCUT2D eigenvalue weighted by atomic mass is 16.5. The highest BCUT2D eigenvalue weighted by Gasteiger charge is 2.61. The molecule has 0 amide bonds. The summed E-state index contributed by atoms with van der Waals surface area (Å²) in [7, 11) is 0. The summed E-state index contributed by atoms with van der Waals surface area (Å²) in [6.45, 7) is 3.31. The van der Waals surface area contributed by atoms with Gasteiger partial charge in [0, 0.05) is 36.7 Å². The van der Waals surface area contributed by atoms with Crippen molar-refractivity contribution in [1.82, 2.24) is 0 Å². The van der Waals surface area contributed by atoms with E-state index < -0.39 is 17.0 Å². The zero-order valence-corrected chi connectivity index (χ0v) is 14.5. The van der Waals surface area contributed by atoms with Crippen molar-refractivity contribution in [3.63, 3.8) is 0 Å². The smallest absolute Gasteiger partial charge is 0.308 e. The van der Waals surface area contributed by atoms with Crippen LogP contribution >= 0.6 is 0 Å². The molecule has 132 valence electrons. The third-order valence-corrected chi connectivity index (χ3v) is 6.69. The summed E-state index contributed by atoms with van der Waals surface area (Å²) in [6, 6.07) is 4.89. The number of Topliss-reactive ketones (excluding diaryl/α,β-unsaturated/α-hetero) is 2. The van der Waals surface area contributed by atoms with Crippen LogP contribution in [0.25, 0.3) is 0 Å². The van der Waals surface area contributed by atoms with Gasteiger partial charge < -0.3 is 9.84 Å². The topological polar surface area (TPSA) is 80.7 Å². The molecule has 5 heteroatoms. The molecule has 0 radical (unpaired) electrons. The summed E-state index contributed by atoms with van der Waals surface area (Å²) in [4.78, 5) is 36.3. The van der Waals surface area contributed by atoms with Crippen molar-refractivity contribution in [1.29, 1.82) is 0 Å². The highest BCUT2D eigenvalue weighted by Crippen LogP contribution is 2.61. The number of benzene rings is 1. The molecule has 5 nitrogen and oxygen atoms in total. The van der Waals surface area contributed by atoms with Gasteiger partial charge in [-0.05, 0) is 42.9 Å². The number of esters is 1. The van der Waals surface area contributed by atoms with Gasteiger partial charge in [-0.15, -0.1) is 0 Å². The van der Waals surface area contributed by atoms with E-state index in [4.69, 9.17) is 4.74 Å². The molecule has 0 unspecified atom stereocenters. The molecule has 4 rings (SSSR count). The van der Waals surface area contributed by atoms with Gasteiger partial charge in [0.2, 0.25) is 0 Å². The van der Waals surface area contributed by atoms with Gasteiger partial charge >= 0.3 is 5.97 Å². The second-order valence-electron chi connectivity index (χ2n) is 7.94. The Balaban J connectivity index is 1.78. The summed E-state index contributed by atoms with van der Waals surface area (Å²) in [5.41, 5.74) is -0.449. The Morgan fingerprint density at radius 1 is 1.24 bits per heavy atom. The van der Waals surface area contributed by atoms with Gasteiger partial charge in [0.05, 0.1) is 5.60 Å². The van der Waals surface area contributed by atoms with Crippen LogP contribution in [0.2, 0.25) is 0 Å². The predicted octanol–water partition coefficient (Wildman–Crippen LogP) is 2.78. The van der Waals surface area contributed by atoms with Gasteiger partial charge in [-0.1, -0.05) is 13.0 Å². The fourth-order valence-corrected chi connectivity index (χ4v) is 5.35. The van der Waals surface area contributed by atoms with Gasteiger partial charge in [0.15, 0.2) is 5.78 Å². The van der Waals surface area contributed by atoms with Crippen molar-refractivity contribution in [2.75, 3.05) is 0 Å². The van der Waals surface area contributed by atoms with Crippen LogP contribution in [0, 0.1) is 17.3 Å². The van der Waals surface area contributed by atoms with Gasteiger partial charge in [0.25, 0.3) is 0 Å². The first-order chi connectivity index (χ1) is 11.8. The summed E-state index contributed by atoms with van der Waals surface area (Å²) in [5, 5.41) is 11.5. The average molecular weight is 342 g/mol. The minimum absolute atomic E-state index is 0.0454. The molecular weight excluding hydrogens is 320 g/mol. The second kappa shape index (κ2) is 5.24. The molecule has 0 saturated heterocycles. The van der Waals surface area contributed by atoms with Crippen molar-refractivity contribution >= 4 is 17.5 Å². The van der Waals surface area contributed by atoms with Crippen molar-refractivity contribution in [3.05, 3.63) is 29.3 Å². The molecule has 2 fully saturated rings. The Hall–Kier alpha value is -2.01. The van der Waals surface area contributed by atoms with E-state index >= 15 is 0 Å². The monoisotopic (exact) mass is 342 g/mol. The molecule has 1 aromatic rings. The molecule has 2 saturated carbocycles. The molecule has 0 spiro atoms. The van der Waals surface area contributed by atoms with Crippen LogP contribution in [0.15, 0.2) is 18.2 Å². The van der Waals surface area contributed by atoms with E-state index in [2.05, 4.69) is 0 Å². The maximum atomic E-state index is 12.8. The maximum Gasteiger partial charge on any atom is 0.308 e. The second-order valence-corrected chi connectivity index (χ2v) is 7.94. The van der Waals surface area contributed by atoms with Crippen molar-refractivity contribution in [2.45, 2.75) is 51.6 Å². The average Bonchev–Trinajstić information content (AvgIpc) is 2.85. The Kier molecular flexibility index (Phi) is 3.45. The molecule has 0 aliphatic heterocycles. The van der Waals surface area contributed by atoms with E-state index in [1.165, 1.54) is 6.92 Å². The lowest BCUT2D eigenvalue weighted by Gasteiger charge is -2.52. The number of ether oxygens (including phenoxy) is 1. The first kappa shape index (κ1) is 16.5. The number of fused-ring (bicyclic) bond motifs is 5. The lowest BCUT2D eigenvalue weighted by molar-refractivity contribution is -0.144. The SMILES string of the molecule is CC(=O)Oc1ccc2c(c1)C(=O)C[C@H]1[C@@H]3CCC(=O)[C@@]3(C)CC[C@]21O. The van der Waals surface area contributed by atoms with E-state index in [-0.39, 0.29) is 29.8 Å². The Bertz CT molecular complexity index is 797. The third kappa shape index (κ3) is 2.21. The van der Waals surface area contributed by atoms with Crippen LogP contribution in [0.5, 0.6) is 5.75 Å². The zero-order chi connectivity index (χ0) is 18.0. The molecular formula is C20H22O5. The van der Waals surface area contributed by atoms with E-state index in [0.29, 0.717) is 36.1 Å². The van der Waals surface area contributed by atoms with Crippen LogP contribution in [0.3, 0.4) is 0 Å². The normalized spacial score (nSPS) is 36.4. The molecule has 0 bridgehead atoms. The summed E-state index contributed by atoms with van der Waals surface area (Å²) < 4.78 is 5.08. The third-order valence-electron chi connectivity index (χ3n) is 6.69. The quantitative estimate of drug-likeness (QED) is 0.627. The Morgan fingerprint density at radius 3 is 2.72 bits per heavy atom. The molecule has 3 aliphatic carbocycles. The van der Waals surface area contributed by atoms with Crippen molar-refractivity contribution < 1.29 is 24.2 Å². The number of rotatable bonds is 1. The first-order valence-corrected chi connectivity index (χ1v) is 8.87. The Labute approximate surface area is 146 Å². The maximum absolute atomic E-state index is 12.8. The van der Waals surface area contributed by atoms with E-state index in [0.717, 1.165) is 6.42 Å². The minimum Gasteiger partial charge on any atom is -0.427 e. The Morgan fingerprint density at radius 2 is 2.00 bits per heavy atom. The molecule has 0 aromatic heterocycles. The molecule has 4 atom stereocenters. The van der Waals surface area contributed by atoms with Crippen molar-refractivity contribution in [2.24, 2.45) is 17.3 Å². The largest absolute Gasteiger partial charge is 0.427 e. The standard InChI is InChI=1S/C20H22O5/c1-11(21)25-12-3-4-14-13(9-12)17(22)10-16-15-5-6-18(23)19(15,2)7-8-20(14,16)24/h3-4,9,15-16,24H,5-8,10H2,1-2H3/t15-,16-,19-,20-/m0/s1. The van der Waals surface area contributed by atoms with E-state index in [1.807, 2.05) is 6.92 Å². The number of hydrogen-bond acceptors (Lipinski definition) is 5. The highest BCUT2D eigenvalue weighted by molar-refractivity contribution is 6.00. The number of ketones is 2. The number of aliphatic hydroxyl groups is 1. The summed E-state index contributed by atoms with van der Waals surface area (Å²) in [5.74, 6) is -0.0948. The van der Waals surface area contributed by atoms with Gasteiger partial charge in [0.1, 0.15) is 11.5 Å². The number of carbonyl (C=O) groups excluding carboxylic acids is 3. The first-order valence-electron chi connectivity index (χ1n) is 8.87. The summed E-state index contributed by atoms with van der Waals surface area (Å²) >= 11 is 0. The van der Waals surface area contributed by atoms with Crippen LogP contribution < -0.4 is 4.74 Å². The molecule has 25 heavy (non-hydrogen) atoms. The minimum atomic E-state index is -1.09. The molecule has 0 heterocycles. The lowest BCUT2D eigenvalue weighted by atomic mass is 9.53. The lowest BCUT2D eigenvalue weighted by Crippen LogP contribution is -2.53.